The number of hydrogen-bond acceptors (Lipinski definition) is 1. The Bertz CT molecular complexity index is 346. The summed E-state index contributed by atoms with van der Waals surface area (Å²) in [6, 6.07) is 2.89. The highest BCUT2D eigenvalue weighted by Gasteiger charge is 2.35. The lowest BCUT2D eigenvalue weighted by atomic mass is 10.4. The third-order valence-electron chi connectivity index (χ3n) is 3.46. The van der Waals surface area contributed by atoms with E-state index >= 15 is 0 Å². The predicted molar refractivity (Wildman–Crippen MR) is 60.9 cm³/mol. The van der Waals surface area contributed by atoms with Gasteiger partial charge in [-0.2, -0.15) is 13.8 Å². The largest absolute Gasteiger partial charge is 0.218 e. The maximum absolute atomic E-state index is 13.7. The van der Waals surface area contributed by atoms with Gasteiger partial charge in [0.05, 0.1) is 8.07 Å². The highest BCUT2D eigenvalue weighted by molar-refractivity contribution is 6.91. The fourth-order valence-electron chi connectivity index (χ4n) is 2.21. The lowest BCUT2D eigenvalue weighted by Gasteiger charge is -2.28. The van der Waals surface area contributed by atoms with Gasteiger partial charge in [0.25, 0.3) is 0 Å². The van der Waals surface area contributed by atoms with Gasteiger partial charge in [0.1, 0.15) is 5.82 Å². The molecule has 0 aliphatic carbocycles. The molecule has 1 aromatic rings. The first-order valence-corrected chi connectivity index (χ1v) is 8.14. The lowest BCUT2D eigenvalue weighted by Crippen LogP contribution is -2.50. The predicted octanol–water partition coefficient (Wildman–Crippen LogP) is 3.21. The fourth-order valence-corrected chi connectivity index (χ4v) is 5.84. The average Bonchev–Trinajstić information content (AvgIpc) is 2.23. The van der Waals surface area contributed by atoms with Crippen LogP contribution in [0.5, 0.6) is 0 Å². The van der Waals surface area contributed by atoms with E-state index in [1.54, 1.807) is 0 Å². The summed E-state index contributed by atoms with van der Waals surface area (Å²) < 4.78 is 40.0. The van der Waals surface area contributed by atoms with Crippen LogP contribution in [0.1, 0.15) is 20.8 Å². The molecule has 0 atom stereocenters. The maximum Gasteiger partial charge on any atom is 0.218 e. The van der Waals surface area contributed by atoms with Crippen LogP contribution < -0.4 is 5.19 Å². The number of rotatable bonds is 4. The Labute approximate surface area is 94.7 Å². The highest BCUT2D eigenvalue weighted by atomic mass is 28.3. The first-order chi connectivity index (χ1) is 7.50. The van der Waals surface area contributed by atoms with Crippen molar-refractivity contribution in [3.63, 3.8) is 0 Å². The number of hydrogen-bond donors (Lipinski definition) is 0. The van der Waals surface area contributed by atoms with E-state index in [9.17, 15) is 13.2 Å². The van der Waals surface area contributed by atoms with Crippen molar-refractivity contribution in [2.24, 2.45) is 0 Å². The highest BCUT2D eigenvalue weighted by Crippen LogP contribution is 2.22. The zero-order valence-corrected chi connectivity index (χ0v) is 10.8. The average molecular weight is 247 g/mol. The van der Waals surface area contributed by atoms with Crippen molar-refractivity contribution in [3.8, 4) is 0 Å². The van der Waals surface area contributed by atoms with E-state index in [0.29, 0.717) is 6.07 Å². The van der Waals surface area contributed by atoms with Gasteiger partial charge in [-0.1, -0.05) is 38.9 Å². The SMILES string of the molecule is CC[Si](CC)(CC)c1c(F)cc(F)nc1F. The topological polar surface area (TPSA) is 12.9 Å². The minimum Gasteiger partial charge on any atom is -0.207 e. The third-order valence-corrected chi connectivity index (χ3v) is 9.02. The van der Waals surface area contributed by atoms with Crippen LogP contribution in [0, 0.1) is 17.7 Å². The molecular formula is C11H16F3NSi. The minimum absolute atomic E-state index is 0.0569. The van der Waals surface area contributed by atoms with Crippen LogP contribution in [-0.2, 0) is 0 Å². The molecule has 1 aromatic heterocycles. The normalized spacial score (nSPS) is 11.9. The first-order valence-electron chi connectivity index (χ1n) is 5.52. The quantitative estimate of drug-likeness (QED) is 0.588. The number of pyridine rings is 1. The number of nitrogens with zero attached hydrogens (tertiary/aromatic N) is 1. The summed E-state index contributed by atoms with van der Waals surface area (Å²) in [4.78, 5) is 3.11. The Kier molecular flexibility index (Phi) is 4.13. The Morgan fingerprint density at radius 1 is 1.06 bits per heavy atom. The molecule has 0 aromatic carbocycles. The van der Waals surface area contributed by atoms with Crippen LogP contribution in [0.2, 0.25) is 18.1 Å². The molecule has 0 saturated carbocycles. The Morgan fingerprint density at radius 3 is 1.94 bits per heavy atom. The molecule has 0 saturated heterocycles. The molecule has 90 valence electrons. The van der Waals surface area contributed by atoms with Gasteiger partial charge < -0.3 is 0 Å². The van der Waals surface area contributed by atoms with Crippen LogP contribution in [0.25, 0.3) is 0 Å². The summed E-state index contributed by atoms with van der Waals surface area (Å²) in [6.07, 6.45) is 0. The molecule has 5 heteroatoms. The van der Waals surface area contributed by atoms with Crippen molar-refractivity contribution >= 4 is 13.3 Å². The van der Waals surface area contributed by atoms with Gasteiger partial charge in [0, 0.05) is 11.3 Å². The van der Waals surface area contributed by atoms with Gasteiger partial charge in [-0.25, -0.2) is 4.39 Å². The van der Waals surface area contributed by atoms with Crippen LogP contribution in [0.15, 0.2) is 6.07 Å². The molecule has 0 aliphatic rings. The van der Waals surface area contributed by atoms with Crippen molar-refractivity contribution < 1.29 is 13.2 Å². The van der Waals surface area contributed by atoms with Crippen LogP contribution >= 0.6 is 0 Å². The Morgan fingerprint density at radius 2 is 1.56 bits per heavy atom. The second-order valence-electron chi connectivity index (χ2n) is 3.93. The van der Waals surface area contributed by atoms with Gasteiger partial charge in [-0.05, 0) is 0 Å². The van der Waals surface area contributed by atoms with E-state index in [1.165, 1.54) is 0 Å². The molecular weight excluding hydrogens is 231 g/mol. The smallest absolute Gasteiger partial charge is 0.207 e. The summed E-state index contributed by atoms with van der Waals surface area (Å²) >= 11 is 0. The number of halogens is 3. The summed E-state index contributed by atoms with van der Waals surface area (Å²) in [6.45, 7) is 5.80. The van der Waals surface area contributed by atoms with E-state index < -0.39 is 25.8 Å². The van der Waals surface area contributed by atoms with Crippen molar-refractivity contribution in [1.29, 1.82) is 0 Å². The van der Waals surface area contributed by atoms with E-state index in [-0.39, 0.29) is 5.19 Å². The third kappa shape index (κ3) is 2.14. The molecule has 0 aliphatic heterocycles. The maximum atomic E-state index is 13.7. The molecule has 0 fully saturated rings. The second-order valence-corrected chi connectivity index (χ2v) is 9.12. The second kappa shape index (κ2) is 4.99. The lowest BCUT2D eigenvalue weighted by molar-refractivity contribution is 0.495. The molecule has 1 nitrogen and oxygen atoms in total. The Balaban J connectivity index is 3.40. The zero-order chi connectivity index (χ0) is 12.3. The summed E-state index contributed by atoms with van der Waals surface area (Å²) in [5.41, 5.74) is 0. The van der Waals surface area contributed by atoms with Gasteiger partial charge in [-0.3, -0.25) is 0 Å². The summed E-state index contributed by atoms with van der Waals surface area (Å²) in [7, 11) is -2.18. The molecule has 0 bridgehead atoms. The minimum atomic E-state index is -2.18. The van der Waals surface area contributed by atoms with E-state index in [2.05, 4.69) is 4.98 Å². The van der Waals surface area contributed by atoms with Gasteiger partial charge in [0.15, 0.2) is 0 Å². The van der Waals surface area contributed by atoms with Gasteiger partial charge in [0.2, 0.25) is 11.9 Å². The Hall–Kier alpha value is -0.843. The van der Waals surface area contributed by atoms with Crippen molar-refractivity contribution in [2.75, 3.05) is 0 Å². The molecule has 0 radical (unpaired) electrons. The van der Waals surface area contributed by atoms with Crippen molar-refractivity contribution in [3.05, 3.63) is 23.8 Å². The van der Waals surface area contributed by atoms with E-state index in [1.807, 2.05) is 20.8 Å². The first kappa shape index (κ1) is 13.2. The van der Waals surface area contributed by atoms with Crippen molar-refractivity contribution in [2.45, 2.75) is 38.9 Å². The molecule has 0 spiro atoms. The van der Waals surface area contributed by atoms with Crippen molar-refractivity contribution in [1.82, 2.24) is 4.98 Å². The van der Waals surface area contributed by atoms with Crippen LogP contribution in [0.4, 0.5) is 13.2 Å². The van der Waals surface area contributed by atoms with E-state index in [0.717, 1.165) is 18.1 Å². The molecule has 16 heavy (non-hydrogen) atoms. The molecule has 1 rings (SSSR count). The van der Waals surface area contributed by atoms with Gasteiger partial charge >= 0.3 is 0 Å². The zero-order valence-electron chi connectivity index (χ0n) is 9.78. The van der Waals surface area contributed by atoms with Gasteiger partial charge in [-0.15, -0.1) is 0 Å². The monoisotopic (exact) mass is 247 g/mol. The standard InChI is InChI=1S/C11H16F3NSi/c1-4-16(5-2,6-3)10-8(12)7-9(13)15-11(10)14/h7H,4-6H2,1-3H3. The molecule has 0 amide bonds. The molecule has 1 heterocycles. The molecule has 0 N–H and O–H groups in total. The van der Waals surface area contributed by atoms with E-state index in [4.69, 9.17) is 0 Å². The molecule has 0 unspecified atom stereocenters. The fraction of sp³-hybridized carbons (Fsp3) is 0.545. The van der Waals surface area contributed by atoms with Crippen LogP contribution in [-0.4, -0.2) is 13.1 Å². The van der Waals surface area contributed by atoms with Crippen LogP contribution in [0.3, 0.4) is 0 Å². The summed E-state index contributed by atoms with van der Waals surface area (Å²) in [5.74, 6) is -2.83. The number of aromatic nitrogens is 1. The summed E-state index contributed by atoms with van der Waals surface area (Å²) in [5, 5.41) is 0.0569.